The Morgan fingerprint density at radius 2 is 1.86 bits per heavy atom. The minimum Gasteiger partial charge on any atom is -0.497 e. The minimum atomic E-state index is -0.0693. The topological polar surface area (TPSA) is 76.6 Å². The molecule has 0 spiro atoms. The van der Waals surface area contributed by atoms with Crippen molar-refractivity contribution in [3.63, 3.8) is 0 Å². The van der Waals surface area contributed by atoms with Gasteiger partial charge in [0.1, 0.15) is 17.3 Å². The first-order valence-electron chi connectivity index (χ1n) is 9.20. The van der Waals surface area contributed by atoms with Crippen LogP contribution in [-0.2, 0) is 6.42 Å². The van der Waals surface area contributed by atoms with Crippen LogP contribution in [0.4, 0.5) is 11.5 Å². The van der Waals surface area contributed by atoms with E-state index in [4.69, 9.17) is 9.47 Å². The van der Waals surface area contributed by atoms with Crippen LogP contribution in [0.1, 0.15) is 15.9 Å². The highest BCUT2D eigenvalue weighted by Crippen LogP contribution is 2.30. The number of methoxy groups -OCH3 is 2. The number of anilines is 2. The van der Waals surface area contributed by atoms with Gasteiger partial charge < -0.3 is 19.7 Å². The lowest BCUT2D eigenvalue weighted by molar-refractivity contribution is 0.0796. The fraction of sp³-hybridized carbons (Fsp3) is 0.227. The van der Waals surface area contributed by atoms with E-state index in [0.717, 1.165) is 17.7 Å². The SMILES string of the molecule is COc1ccc(Nc2ccc(C(=O)N(C)CCc3ccncc3)cn2)c(OC)c1. The molecular formula is C22H24N4O3. The molecule has 0 fully saturated rings. The van der Waals surface area contributed by atoms with Gasteiger partial charge in [0.15, 0.2) is 0 Å². The Morgan fingerprint density at radius 3 is 2.52 bits per heavy atom. The summed E-state index contributed by atoms with van der Waals surface area (Å²) in [4.78, 5) is 22.7. The maximum absolute atomic E-state index is 12.6. The zero-order valence-electron chi connectivity index (χ0n) is 16.8. The van der Waals surface area contributed by atoms with Crippen molar-refractivity contribution in [3.8, 4) is 11.5 Å². The number of aromatic nitrogens is 2. The monoisotopic (exact) mass is 392 g/mol. The van der Waals surface area contributed by atoms with Gasteiger partial charge in [-0.25, -0.2) is 4.98 Å². The van der Waals surface area contributed by atoms with Gasteiger partial charge in [-0.15, -0.1) is 0 Å². The Hall–Kier alpha value is -3.61. The Morgan fingerprint density at radius 1 is 1.07 bits per heavy atom. The minimum absolute atomic E-state index is 0.0693. The molecular weight excluding hydrogens is 368 g/mol. The Labute approximate surface area is 170 Å². The Kier molecular flexibility index (Phi) is 6.63. The number of pyridine rings is 2. The van der Waals surface area contributed by atoms with Gasteiger partial charge in [-0.1, -0.05) is 0 Å². The van der Waals surface area contributed by atoms with E-state index in [1.807, 2.05) is 24.3 Å². The summed E-state index contributed by atoms with van der Waals surface area (Å²) in [5, 5.41) is 3.19. The molecule has 0 atom stereocenters. The number of hydrogen-bond donors (Lipinski definition) is 1. The summed E-state index contributed by atoms with van der Waals surface area (Å²) in [6.07, 6.45) is 5.86. The van der Waals surface area contributed by atoms with Crippen molar-refractivity contribution >= 4 is 17.4 Å². The predicted molar refractivity (Wildman–Crippen MR) is 112 cm³/mol. The average molecular weight is 392 g/mol. The van der Waals surface area contributed by atoms with Crippen LogP contribution in [0.25, 0.3) is 0 Å². The number of ether oxygens (including phenoxy) is 2. The first-order chi connectivity index (χ1) is 14.1. The van der Waals surface area contributed by atoms with Crippen LogP contribution < -0.4 is 14.8 Å². The molecule has 0 aliphatic heterocycles. The van der Waals surface area contributed by atoms with Gasteiger partial charge in [-0.05, 0) is 48.4 Å². The lowest BCUT2D eigenvalue weighted by Gasteiger charge is -2.17. The molecule has 1 aromatic carbocycles. The highest BCUT2D eigenvalue weighted by Gasteiger charge is 2.13. The summed E-state index contributed by atoms with van der Waals surface area (Å²) in [6.45, 7) is 0.617. The number of rotatable bonds is 8. The molecule has 0 unspecified atom stereocenters. The smallest absolute Gasteiger partial charge is 0.255 e. The van der Waals surface area contributed by atoms with Gasteiger partial charge in [-0.3, -0.25) is 9.78 Å². The number of amides is 1. The van der Waals surface area contributed by atoms with Crippen LogP contribution in [0.2, 0.25) is 0 Å². The molecule has 7 nitrogen and oxygen atoms in total. The van der Waals surface area contributed by atoms with E-state index in [-0.39, 0.29) is 5.91 Å². The first kappa shape index (κ1) is 20.1. The van der Waals surface area contributed by atoms with Crippen LogP contribution >= 0.6 is 0 Å². The van der Waals surface area contributed by atoms with Gasteiger partial charge in [0.2, 0.25) is 0 Å². The van der Waals surface area contributed by atoms with E-state index in [1.54, 1.807) is 63.0 Å². The molecule has 0 aliphatic rings. The highest BCUT2D eigenvalue weighted by atomic mass is 16.5. The van der Waals surface area contributed by atoms with E-state index in [9.17, 15) is 4.79 Å². The summed E-state index contributed by atoms with van der Waals surface area (Å²) < 4.78 is 10.6. The molecule has 0 saturated carbocycles. The summed E-state index contributed by atoms with van der Waals surface area (Å²) >= 11 is 0. The van der Waals surface area contributed by atoms with Gasteiger partial charge in [0.05, 0.1) is 25.5 Å². The van der Waals surface area contributed by atoms with Gasteiger partial charge >= 0.3 is 0 Å². The number of hydrogen-bond acceptors (Lipinski definition) is 6. The molecule has 0 radical (unpaired) electrons. The lowest BCUT2D eigenvalue weighted by Crippen LogP contribution is -2.28. The molecule has 3 aromatic rings. The van der Waals surface area contributed by atoms with Crippen LogP contribution in [0, 0.1) is 0 Å². The van der Waals surface area contributed by atoms with Crippen LogP contribution in [0.3, 0.4) is 0 Å². The van der Waals surface area contributed by atoms with Gasteiger partial charge in [-0.2, -0.15) is 0 Å². The van der Waals surface area contributed by atoms with Crippen LogP contribution in [0.5, 0.6) is 11.5 Å². The summed E-state index contributed by atoms with van der Waals surface area (Å²) in [5.74, 6) is 1.89. The highest BCUT2D eigenvalue weighted by molar-refractivity contribution is 5.94. The predicted octanol–water partition coefficient (Wildman–Crippen LogP) is 3.55. The quantitative estimate of drug-likeness (QED) is 0.632. The fourth-order valence-electron chi connectivity index (χ4n) is 2.80. The van der Waals surface area contributed by atoms with E-state index in [0.29, 0.717) is 29.4 Å². The van der Waals surface area contributed by atoms with E-state index >= 15 is 0 Å². The van der Waals surface area contributed by atoms with Crippen molar-refractivity contribution in [1.29, 1.82) is 0 Å². The van der Waals surface area contributed by atoms with Crippen molar-refractivity contribution in [2.24, 2.45) is 0 Å². The van der Waals surface area contributed by atoms with Crippen molar-refractivity contribution in [1.82, 2.24) is 14.9 Å². The van der Waals surface area contributed by atoms with Gasteiger partial charge in [0.25, 0.3) is 5.91 Å². The second kappa shape index (κ2) is 9.54. The number of nitrogens with zero attached hydrogens (tertiary/aromatic N) is 3. The number of carbonyl (C=O) groups excluding carboxylic acids is 1. The third-order valence-corrected chi connectivity index (χ3v) is 4.51. The third kappa shape index (κ3) is 5.22. The zero-order chi connectivity index (χ0) is 20.6. The number of likely N-dealkylation sites (N-methyl/N-ethyl adjacent to an activating group) is 1. The molecule has 150 valence electrons. The van der Waals surface area contributed by atoms with Gasteiger partial charge in [0, 0.05) is 38.2 Å². The maximum Gasteiger partial charge on any atom is 0.255 e. The molecule has 1 amide bonds. The Bertz CT molecular complexity index is 946. The largest absolute Gasteiger partial charge is 0.497 e. The number of benzene rings is 1. The van der Waals surface area contributed by atoms with Crippen molar-refractivity contribution in [3.05, 3.63) is 72.2 Å². The molecule has 7 heteroatoms. The molecule has 0 aliphatic carbocycles. The van der Waals surface area contributed by atoms with Crippen molar-refractivity contribution in [2.45, 2.75) is 6.42 Å². The van der Waals surface area contributed by atoms with E-state index in [1.165, 1.54) is 0 Å². The number of carbonyl (C=O) groups is 1. The van der Waals surface area contributed by atoms with Crippen LogP contribution in [0.15, 0.2) is 61.1 Å². The Balaban J connectivity index is 1.63. The second-order valence-corrected chi connectivity index (χ2v) is 6.46. The maximum atomic E-state index is 12.6. The summed E-state index contributed by atoms with van der Waals surface area (Å²) in [7, 11) is 4.99. The average Bonchev–Trinajstić information content (AvgIpc) is 2.78. The molecule has 3 rings (SSSR count). The molecule has 0 bridgehead atoms. The zero-order valence-corrected chi connectivity index (χ0v) is 16.8. The third-order valence-electron chi connectivity index (χ3n) is 4.51. The second-order valence-electron chi connectivity index (χ2n) is 6.46. The van der Waals surface area contributed by atoms with E-state index in [2.05, 4.69) is 15.3 Å². The first-order valence-corrected chi connectivity index (χ1v) is 9.20. The summed E-state index contributed by atoms with van der Waals surface area (Å²) in [6, 6.07) is 12.9. The fourth-order valence-corrected chi connectivity index (χ4v) is 2.80. The van der Waals surface area contributed by atoms with Crippen molar-refractivity contribution in [2.75, 3.05) is 33.1 Å². The standard InChI is InChI=1S/C22H24N4O3/c1-26(13-10-16-8-11-23-12-9-16)22(27)17-4-7-21(24-15-17)25-19-6-5-18(28-2)14-20(19)29-3/h4-9,11-12,14-15H,10,13H2,1-3H3,(H,24,25). The van der Waals surface area contributed by atoms with Crippen LogP contribution in [-0.4, -0.2) is 48.6 Å². The molecule has 2 aromatic heterocycles. The lowest BCUT2D eigenvalue weighted by atomic mass is 10.2. The normalized spacial score (nSPS) is 10.3. The molecule has 0 saturated heterocycles. The number of nitrogens with one attached hydrogen (secondary N) is 1. The van der Waals surface area contributed by atoms with Crippen molar-refractivity contribution < 1.29 is 14.3 Å². The molecule has 1 N–H and O–H groups in total. The molecule has 29 heavy (non-hydrogen) atoms. The molecule has 2 heterocycles. The van der Waals surface area contributed by atoms with E-state index < -0.39 is 0 Å². The summed E-state index contributed by atoms with van der Waals surface area (Å²) in [5.41, 5.74) is 2.44.